The lowest BCUT2D eigenvalue weighted by atomic mass is 10.0. The summed E-state index contributed by atoms with van der Waals surface area (Å²) in [6.45, 7) is 10.0. The molecule has 29 heavy (non-hydrogen) atoms. The van der Waals surface area contributed by atoms with Crippen molar-refractivity contribution in [2.75, 3.05) is 7.05 Å². The number of unbranched alkanes of at least 4 members (excludes halogenated alkanes) is 5. The van der Waals surface area contributed by atoms with E-state index in [1.807, 2.05) is 24.4 Å². The highest BCUT2D eigenvalue weighted by atomic mass is 16.5. The van der Waals surface area contributed by atoms with E-state index in [2.05, 4.69) is 55.4 Å². The second kappa shape index (κ2) is 12.8. The van der Waals surface area contributed by atoms with Gasteiger partial charge in [0.05, 0.1) is 0 Å². The summed E-state index contributed by atoms with van der Waals surface area (Å²) >= 11 is 0. The summed E-state index contributed by atoms with van der Waals surface area (Å²) in [5.41, 5.74) is 4.75. The molecule has 2 aromatic carbocycles. The first-order valence-electron chi connectivity index (χ1n) is 10.8. The summed E-state index contributed by atoms with van der Waals surface area (Å²) < 4.78 is 6.01. The number of nitrogens with zero attached hydrogens (tertiary/aromatic N) is 1. The van der Waals surface area contributed by atoms with Crippen molar-refractivity contribution >= 4 is 12.0 Å². The van der Waals surface area contributed by atoms with Crippen LogP contribution in [-0.2, 0) is 12.8 Å². The first-order chi connectivity index (χ1) is 14.2. The van der Waals surface area contributed by atoms with Crippen LogP contribution in [0.1, 0.15) is 67.7 Å². The van der Waals surface area contributed by atoms with Gasteiger partial charge in [-0.1, -0.05) is 69.2 Å². The summed E-state index contributed by atoms with van der Waals surface area (Å²) in [5, 5.41) is 0. The summed E-state index contributed by atoms with van der Waals surface area (Å²) in [6, 6.07) is 14.7. The molecule has 0 N–H and O–H groups in total. The third kappa shape index (κ3) is 7.73. The molecule has 0 atom stereocenters. The van der Waals surface area contributed by atoms with Crippen molar-refractivity contribution < 1.29 is 4.74 Å². The number of aryl methyl sites for hydroxylation is 2. The maximum atomic E-state index is 6.01. The average Bonchev–Trinajstić information content (AvgIpc) is 2.74. The van der Waals surface area contributed by atoms with Crippen LogP contribution in [0.15, 0.2) is 66.7 Å². The van der Waals surface area contributed by atoms with E-state index in [-0.39, 0.29) is 0 Å². The van der Waals surface area contributed by atoms with Gasteiger partial charge in [-0.3, -0.25) is 4.99 Å². The Morgan fingerprint density at radius 2 is 1.72 bits per heavy atom. The molecule has 0 bridgehead atoms. The molecule has 0 aliphatic heterocycles. The van der Waals surface area contributed by atoms with Gasteiger partial charge in [0, 0.05) is 18.8 Å². The van der Waals surface area contributed by atoms with Crippen LogP contribution >= 0.6 is 0 Å². The van der Waals surface area contributed by atoms with Crippen LogP contribution in [-0.4, -0.2) is 13.3 Å². The van der Waals surface area contributed by atoms with Crippen LogP contribution in [0.25, 0.3) is 5.76 Å². The molecule has 2 rings (SSSR count). The second-order valence-electron chi connectivity index (χ2n) is 7.42. The molecule has 0 heterocycles. The minimum absolute atomic E-state index is 0.669. The van der Waals surface area contributed by atoms with E-state index in [0.29, 0.717) is 5.76 Å². The number of ether oxygens (including phenoxy) is 1. The molecule has 2 heteroatoms. The topological polar surface area (TPSA) is 21.6 Å². The molecule has 0 aliphatic rings. The first kappa shape index (κ1) is 22.7. The fourth-order valence-corrected chi connectivity index (χ4v) is 3.42. The van der Waals surface area contributed by atoms with E-state index >= 15 is 0 Å². The zero-order valence-corrected chi connectivity index (χ0v) is 18.1. The van der Waals surface area contributed by atoms with Gasteiger partial charge >= 0.3 is 0 Å². The fourth-order valence-electron chi connectivity index (χ4n) is 3.42. The normalized spacial score (nSPS) is 11.0. The van der Waals surface area contributed by atoms with Crippen LogP contribution in [0.3, 0.4) is 0 Å². The standard InChI is InChI=1S/C27H35NO/c1-5-7-8-9-10-11-12-13-23-14-16-25(17-15-23)22(3)29-27-19-18-24(6-2)26(20-27)21-28-4/h5,14-21H,1,3,6-13H2,2,4H3/b28-21+. The lowest BCUT2D eigenvalue weighted by Gasteiger charge is -2.12. The first-order valence-corrected chi connectivity index (χ1v) is 10.8. The monoisotopic (exact) mass is 389 g/mol. The molecule has 0 unspecified atom stereocenters. The number of hydrogen-bond donors (Lipinski definition) is 0. The summed E-state index contributed by atoms with van der Waals surface area (Å²) in [7, 11) is 1.79. The van der Waals surface area contributed by atoms with Crippen molar-refractivity contribution in [3.63, 3.8) is 0 Å². The van der Waals surface area contributed by atoms with Gasteiger partial charge in [-0.15, -0.1) is 6.58 Å². The molecule has 0 amide bonds. The Kier molecular flexibility index (Phi) is 9.99. The maximum absolute atomic E-state index is 6.01. The molecule has 2 nitrogen and oxygen atoms in total. The van der Waals surface area contributed by atoms with Crippen molar-refractivity contribution in [1.82, 2.24) is 0 Å². The molecule has 0 spiro atoms. The number of allylic oxidation sites excluding steroid dienone is 1. The van der Waals surface area contributed by atoms with Crippen LogP contribution in [0.2, 0.25) is 0 Å². The van der Waals surface area contributed by atoms with E-state index in [1.165, 1.54) is 43.2 Å². The molecular weight excluding hydrogens is 354 g/mol. The Hall–Kier alpha value is -2.61. The van der Waals surface area contributed by atoms with E-state index in [4.69, 9.17) is 4.74 Å². The molecule has 2 aromatic rings. The van der Waals surface area contributed by atoms with Gasteiger partial charge in [0.2, 0.25) is 0 Å². The average molecular weight is 390 g/mol. The minimum atomic E-state index is 0.669. The molecule has 0 saturated heterocycles. The van der Waals surface area contributed by atoms with E-state index in [9.17, 15) is 0 Å². The molecule has 0 radical (unpaired) electrons. The summed E-state index contributed by atoms with van der Waals surface area (Å²) in [5.74, 6) is 1.46. The third-order valence-electron chi connectivity index (χ3n) is 5.16. The fraction of sp³-hybridized carbons (Fsp3) is 0.370. The van der Waals surface area contributed by atoms with E-state index in [0.717, 1.165) is 36.1 Å². The molecule has 0 aliphatic carbocycles. The van der Waals surface area contributed by atoms with Crippen molar-refractivity contribution in [3.8, 4) is 5.75 Å². The van der Waals surface area contributed by atoms with Crippen molar-refractivity contribution in [1.29, 1.82) is 0 Å². The SMILES string of the molecule is C=CCCCCCCCc1ccc(C(=C)Oc2ccc(CC)c(/C=N/C)c2)cc1. The highest BCUT2D eigenvalue weighted by molar-refractivity contribution is 5.82. The van der Waals surface area contributed by atoms with Gasteiger partial charge in [-0.25, -0.2) is 0 Å². The Balaban J connectivity index is 1.85. The number of aliphatic imine (C=N–C) groups is 1. The van der Waals surface area contributed by atoms with Crippen molar-refractivity contribution in [2.24, 2.45) is 4.99 Å². The second-order valence-corrected chi connectivity index (χ2v) is 7.42. The Morgan fingerprint density at radius 3 is 2.41 bits per heavy atom. The lowest BCUT2D eigenvalue weighted by molar-refractivity contribution is 0.516. The molecule has 154 valence electrons. The van der Waals surface area contributed by atoms with Gasteiger partial charge in [-0.2, -0.15) is 0 Å². The van der Waals surface area contributed by atoms with E-state index in [1.54, 1.807) is 7.05 Å². The highest BCUT2D eigenvalue weighted by Crippen LogP contribution is 2.23. The summed E-state index contributed by atoms with van der Waals surface area (Å²) in [6.07, 6.45) is 13.6. The Bertz CT molecular complexity index is 802. The molecule has 0 aromatic heterocycles. The van der Waals surface area contributed by atoms with Crippen molar-refractivity contribution in [2.45, 2.75) is 58.3 Å². The van der Waals surface area contributed by atoms with Crippen LogP contribution in [0.4, 0.5) is 0 Å². The summed E-state index contributed by atoms with van der Waals surface area (Å²) in [4.78, 5) is 4.14. The van der Waals surface area contributed by atoms with Gasteiger partial charge < -0.3 is 4.74 Å². The largest absolute Gasteiger partial charge is 0.457 e. The number of hydrogen-bond acceptors (Lipinski definition) is 2. The highest BCUT2D eigenvalue weighted by Gasteiger charge is 2.06. The molecular formula is C27H35NO. The van der Waals surface area contributed by atoms with Crippen LogP contribution < -0.4 is 4.74 Å². The minimum Gasteiger partial charge on any atom is -0.457 e. The molecule has 0 fully saturated rings. The van der Waals surface area contributed by atoms with Gasteiger partial charge in [0.15, 0.2) is 0 Å². The Morgan fingerprint density at radius 1 is 1.00 bits per heavy atom. The van der Waals surface area contributed by atoms with Crippen LogP contribution in [0, 0.1) is 0 Å². The third-order valence-corrected chi connectivity index (χ3v) is 5.16. The van der Waals surface area contributed by atoms with Gasteiger partial charge in [0.1, 0.15) is 11.5 Å². The smallest absolute Gasteiger partial charge is 0.128 e. The molecule has 0 saturated carbocycles. The predicted molar refractivity (Wildman–Crippen MR) is 127 cm³/mol. The van der Waals surface area contributed by atoms with Crippen LogP contribution in [0.5, 0.6) is 5.75 Å². The lowest BCUT2D eigenvalue weighted by Crippen LogP contribution is -1.97. The predicted octanol–water partition coefficient (Wildman–Crippen LogP) is 7.42. The maximum Gasteiger partial charge on any atom is 0.128 e. The number of benzene rings is 2. The zero-order valence-electron chi connectivity index (χ0n) is 18.1. The van der Waals surface area contributed by atoms with Crippen molar-refractivity contribution in [3.05, 3.63) is 84.0 Å². The zero-order chi connectivity index (χ0) is 20.9. The number of rotatable bonds is 13. The quantitative estimate of drug-likeness (QED) is 0.151. The van der Waals surface area contributed by atoms with E-state index < -0.39 is 0 Å². The van der Waals surface area contributed by atoms with Gasteiger partial charge in [-0.05, 0) is 60.9 Å². The van der Waals surface area contributed by atoms with Gasteiger partial charge in [0.25, 0.3) is 0 Å². The Labute approximate surface area is 177 Å².